The molecule has 2 aromatic heterocycles. The minimum Gasteiger partial charge on any atom is -0.328 e. The van der Waals surface area contributed by atoms with Gasteiger partial charge in [-0.15, -0.1) is 0 Å². The molecule has 25 heavy (non-hydrogen) atoms. The molecule has 1 aromatic carbocycles. The number of rotatable bonds is 6. The number of hydrogen-bond donors (Lipinski definition) is 0. The number of nitrogens with zero attached hydrogens (tertiary/aromatic N) is 4. The second-order valence-electron chi connectivity index (χ2n) is 5.86. The van der Waals surface area contributed by atoms with Crippen LogP contribution in [-0.4, -0.2) is 24.4 Å². The molecule has 3 rings (SSSR count). The third-order valence-electron chi connectivity index (χ3n) is 4.05. The number of aryl methyl sites for hydroxylation is 2. The molecule has 3 aromatic rings. The Bertz CT molecular complexity index is 1000. The van der Waals surface area contributed by atoms with Crippen LogP contribution in [-0.2, 0) is 26.4 Å². The molecule has 6 nitrogen and oxygen atoms in total. The highest BCUT2D eigenvalue weighted by molar-refractivity contribution is 9.10. The van der Waals surface area contributed by atoms with Gasteiger partial charge in [0.05, 0.1) is 6.33 Å². The van der Waals surface area contributed by atoms with Crippen molar-refractivity contribution in [3.05, 3.63) is 61.5 Å². The molecular formula is C17H19BrN4O2S. The molecule has 0 spiro atoms. The van der Waals surface area contributed by atoms with Gasteiger partial charge in [0.1, 0.15) is 0 Å². The minimum atomic E-state index is -0.311. The van der Waals surface area contributed by atoms with Gasteiger partial charge in [-0.25, -0.2) is 9.78 Å². The van der Waals surface area contributed by atoms with Crippen LogP contribution >= 0.6 is 27.7 Å². The van der Waals surface area contributed by atoms with Gasteiger partial charge in [0, 0.05) is 30.9 Å². The second-order valence-corrected chi connectivity index (χ2v) is 7.88. The molecule has 8 heteroatoms. The predicted molar refractivity (Wildman–Crippen MR) is 105 cm³/mol. The van der Waals surface area contributed by atoms with Gasteiger partial charge in [0.15, 0.2) is 11.2 Å². The first-order chi connectivity index (χ1) is 12.0. The van der Waals surface area contributed by atoms with E-state index in [1.165, 1.54) is 14.7 Å². The van der Waals surface area contributed by atoms with Gasteiger partial charge in [-0.05, 0) is 29.9 Å². The summed E-state index contributed by atoms with van der Waals surface area (Å²) < 4.78 is 5.48. The molecule has 0 aliphatic carbocycles. The van der Waals surface area contributed by atoms with E-state index in [1.807, 2.05) is 12.1 Å². The van der Waals surface area contributed by atoms with E-state index in [0.717, 1.165) is 22.4 Å². The fourth-order valence-electron chi connectivity index (χ4n) is 2.69. The second kappa shape index (κ2) is 7.61. The summed E-state index contributed by atoms with van der Waals surface area (Å²) in [7, 11) is 3.41. The molecule has 0 bridgehead atoms. The zero-order chi connectivity index (χ0) is 18.0. The molecule has 0 aliphatic heterocycles. The van der Waals surface area contributed by atoms with Gasteiger partial charge < -0.3 is 4.57 Å². The SMILES string of the molecule is Cn1cnc2c1c(=O)n(CCCSCc1ccc(Br)cc1)c(=O)n2C. The summed E-state index contributed by atoms with van der Waals surface area (Å²) in [6.07, 6.45) is 2.32. The molecule has 0 aliphatic rings. The van der Waals surface area contributed by atoms with Crippen molar-refractivity contribution in [3.8, 4) is 0 Å². The zero-order valence-corrected chi connectivity index (χ0v) is 16.5. The summed E-state index contributed by atoms with van der Waals surface area (Å²) in [6, 6.07) is 8.24. The molecule has 0 N–H and O–H groups in total. The van der Waals surface area contributed by atoms with Crippen LogP contribution in [0, 0.1) is 0 Å². The van der Waals surface area contributed by atoms with Crippen molar-refractivity contribution in [1.29, 1.82) is 0 Å². The normalized spacial score (nSPS) is 11.3. The molecular weight excluding hydrogens is 404 g/mol. The van der Waals surface area contributed by atoms with E-state index in [0.29, 0.717) is 17.7 Å². The first-order valence-corrected chi connectivity index (χ1v) is 9.87. The third-order valence-corrected chi connectivity index (χ3v) is 5.70. The maximum absolute atomic E-state index is 12.6. The quantitative estimate of drug-likeness (QED) is 0.572. The zero-order valence-electron chi connectivity index (χ0n) is 14.1. The van der Waals surface area contributed by atoms with E-state index in [2.05, 4.69) is 33.0 Å². The van der Waals surface area contributed by atoms with E-state index in [9.17, 15) is 9.59 Å². The Hall–Kier alpha value is -1.80. The van der Waals surface area contributed by atoms with Crippen molar-refractivity contribution in [1.82, 2.24) is 18.7 Å². The molecule has 0 radical (unpaired) electrons. The Morgan fingerprint density at radius 3 is 2.60 bits per heavy atom. The van der Waals surface area contributed by atoms with Crippen molar-refractivity contribution in [3.63, 3.8) is 0 Å². The highest BCUT2D eigenvalue weighted by atomic mass is 79.9. The summed E-state index contributed by atoms with van der Waals surface area (Å²) in [5, 5.41) is 0. The lowest BCUT2D eigenvalue weighted by atomic mass is 10.2. The van der Waals surface area contributed by atoms with Crippen molar-refractivity contribution < 1.29 is 0 Å². The van der Waals surface area contributed by atoms with Crippen LogP contribution in [0.25, 0.3) is 11.2 Å². The Morgan fingerprint density at radius 1 is 1.16 bits per heavy atom. The average Bonchev–Trinajstić information content (AvgIpc) is 2.99. The fourth-order valence-corrected chi connectivity index (χ4v) is 3.86. The number of aromatic nitrogens is 4. The summed E-state index contributed by atoms with van der Waals surface area (Å²) in [6.45, 7) is 0.417. The van der Waals surface area contributed by atoms with E-state index in [1.54, 1.807) is 36.8 Å². The van der Waals surface area contributed by atoms with Crippen molar-refractivity contribution in [2.45, 2.75) is 18.7 Å². The van der Waals surface area contributed by atoms with Crippen LogP contribution in [0.3, 0.4) is 0 Å². The Balaban J connectivity index is 1.65. The molecule has 0 atom stereocenters. The van der Waals surface area contributed by atoms with Gasteiger partial charge in [0.2, 0.25) is 0 Å². The summed E-state index contributed by atoms with van der Waals surface area (Å²) in [4.78, 5) is 29.1. The number of halogens is 1. The van der Waals surface area contributed by atoms with Crippen LogP contribution in [0.4, 0.5) is 0 Å². The Morgan fingerprint density at radius 2 is 1.88 bits per heavy atom. The summed E-state index contributed by atoms with van der Waals surface area (Å²) >= 11 is 5.22. The number of benzene rings is 1. The largest absolute Gasteiger partial charge is 0.332 e. The molecule has 0 saturated carbocycles. The monoisotopic (exact) mass is 422 g/mol. The number of hydrogen-bond acceptors (Lipinski definition) is 4. The van der Waals surface area contributed by atoms with Crippen LogP contribution in [0.2, 0.25) is 0 Å². The number of thioether (sulfide) groups is 1. The van der Waals surface area contributed by atoms with Gasteiger partial charge in [-0.3, -0.25) is 13.9 Å². The fraction of sp³-hybridized carbons (Fsp3) is 0.353. The van der Waals surface area contributed by atoms with Crippen molar-refractivity contribution in [2.75, 3.05) is 5.75 Å². The molecule has 0 fully saturated rings. The van der Waals surface area contributed by atoms with E-state index in [4.69, 9.17) is 0 Å². The first kappa shape index (κ1) is 18.0. The van der Waals surface area contributed by atoms with E-state index < -0.39 is 0 Å². The van der Waals surface area contributed by atoms with Crippen LogP contribution < -0.4 is 11.2 Å². The maximum atomic E-state index is 12.6. The lowest BCUT2D eigenvalue weighted by molar-refractivity contribution is 0.594. The third kappa shape index (κ3) is 3.74. The molecule has 0 amide bonds. The summed E-state index contributed by atoms with van der Waals surface area (Å²) in [5.74, 6) is 1.80. The van der Waals surface area contributed by atoms with Gasteiger partial charge in [0.25, 0.3) is 5.56 Å². The van der Waals surface area contributed by atoms with Crippen LogP contribution in [0.1, 0.15) is 12.0 Å². The lowest BCUT2D eigenvalue weighted by Crippen LogP contribution is -2.39. The minimum absolute atomic E-state index is 0.268. The van der Waals surface area contributed by atoms with Crippen molar-refractivity contribution >= 4 is 38.9 Å². The van der Waals surface area contributed by atoms with Gasteiger partial charge in [-0.1, -0.05) is 28.1 Å². The number of fused-ring (bicyclic) bond motifs is 1. The lowest BCUT2D eigenvalue weighted by Gasteiger charge is -2.08. The number of imidazole rings is 1. The molecule has 2 heterocycles. The topological polar surface area (TPSA) is 61.8 Å². The van der Waals surface area contributed by atoms with Crippen LogP contribution in [0.5, 0.6) is 0 Å². The Kier molecular flexibility index (Phi) is 5.48. The Labute approximate surface area is 157 Å². The average molecular weight is 423 g/mol. The first-order valence-electron chi connectivity index (χ1n) is 7.92. The molecule has 0 unspecified atom stereocenters. The van der Waals surface area contributed by atoms with Crippen LogP contribution in [0.15, 0.2) is 44.7 Å². The maximum Gasteiger partial charge on any atom is 0.332 e. The van der Waals surface area contributed by atoms with E-state index in [-0.39, 0.29) is 11.2 Å². The summed E-state index contributed by atoms with van der Waals surface area (Å²) in [5.41, 5.74) is 1.57. The molecule has 132 valence electrons. The standard InChI is InChI=1S/C17H19BrN4O2S/c1-20-11-19-15-14(20)16(23)22(17(24)21(15)2)8-3-9-25-10-12-4-6-13(18)7-5-12/h4-7,11H,3,8-10H2,1-2H3. The van der Waals surface area contributed by atoms with Gasteiger partial charge in [-0.2, -0.15) is 11.8 Å². The van der Waals surface area contributed by atoms with Crippen molar-refractivity contribution in [2.24, 2.45) is 14.1 Å². The molecule has 0 saturated heterocycles. The highest BCUT2D eigenvalue weighted by Gasteiger charge is 2.14. The van der Waals surface area contributed by atoms with E-state index >= 15 is 0 Å². The van der Waals surface area contributed by atoms with Gasteiger partial charge >= 0.3 is 5.69 Å². The highest BCUT2D eigenvalue weighted by Crippen LogP contribution is 2.16. The predicted octanol–water partition coefficient (Wildman–Crippen LogP) is 2.52. The smallest absolute Gasteiger partial charge is 0.328 e.